The molecule has 3 aliphatic rings. The summed E-state index contributed by atoms with van der Waals surface area (Å²) in [5.41, 5.74) is -0.0445. The third kappa shape index (κ3) is 3.78. The molecular weight excluding hydrogens is 461 g/mol. The van der Waals surface area contributed by atoms with Gasteiger partial charge in [0.25, 0.3) is 0 Å². The molecule has 2 aliphatic heterocycles. The minimum absolute atomic E-state index is 0.162. The van der Waals surface area contributed by atoms with Crippen LogP contribution in [0.25, 0.3) is 21.3 Å². The molecule has 1 aliphatic carbocycles. The molecule has 0 bridgehead atoms. The van der Waals surface area contributed by atoms with E-state index in [1.165, 1.54) is 11.3 Å². The summed E-state index contributed by atoms with van der Waals surface area (Å²) in [5, 5.41) is 14.8. The van der Waals surface area contributed by atoms with Gasteiger partial charge in [-0.2, -0.15) is 0 Å². The molecule has 1 saturated carbocycles. The number of fused-ring (bicyclic) bond motifs is 2. The lowest BCUT2D eigenvalue weighted by molar-refractivity contribution is 0.0272. The van der Waals surface area contributed by atoms with Crippen molar-refractivity contribution in [1.29, 1.82) is 0 Å². The van der Waals surface area contributed by atoms with E-state index in [0.717, 1.165) is 56.9 Å². The van der Waals surface area contributed by atoms with Crippen LogP contribution in [0.3, 0.4) is 0 Å². The van der Waals surface area contributed by atoms with E-state index in [9.17, 15) is 13.2 Å². The molecule has 5 nitrogen and oxygen atoms in total. The normalized spacial score (nSPS) is 28.0. The fraction of sp³-hybridized carbons (Fsp3) is 0.520. The topological polar surface area (TPSA) is 50.3 Å². The second kappa shape index (κ2) is 8.77. The summed E-state index contributed by atoms with van der Waals surface area (Å²) >= 11 is 1.36. The number of halogens is 3. The lowest BCUT2D eigenvalue weighted by atomic mass is 9.95. The molecule has 3 aromatic rings. The molecule has 0 spiro atoms. The highest BCUT2D eigenvalue weighted by Crippen LogP contribution is 2.45. The third-order valence-corrected chi connectivity index (χ3v) is 8.89. The number of rotatable bonds is 4. The number of hydrogen-bond donors (Lipinski definition) is 1. The van der Waals surface area contributed by atoms with Gasteiger partial charge in [-0.1, -0.05) is 0 Å². The third-order valence-electron chi connectivity index (χ3n) is 7.97. The average Bonchev–Trinajstić information content (AvgIpc) is 3.54. The maximum atomic E-state index is 14.4. The van der Waals surface area contributed by atoms with Crippen LogP contribution >= 0.6 is 11.3 Å². The van der Waals surface area contributed by atoms with Gasteiger partial charge in [0.2, 0.25) is 0 Å². The first-order valence-electron chi connectivity index (χ1n) is 12.0. The molecule has 1 N–H and O–H groups in total. The van der Waals surface area contributed by atoms with Crippen LogP contribution in [-0.2, 0) is 4.74 Å². The highest BCUT2D eigenvalue weighted by atomic mass is 32.1. The van der Waals surface area contributed by atoms with Gasteiger partial charge >= 0.3 is 0 Å². The smallest absolute Gasteiger partial charge is 0.168 e. The summed E-state index contributed by atoms with van der Waals surface area (Å²) in [4.78, 5) is 2.70. The molecular formula is C25H27F3N4OS. The molecule has 1 unspecified atom stereocenters. The van der Waals surface area contributed by atoms with Crippen LogP contribution in [0.5, 0.6) is 0 Å². The molecule has 4 heterocycles. The van der Waals surface area contributed by atoms with Crippen molar-refractivity contribution in [3.05, 3.63) is 41.0 Å². The second-order valence-electron chi connectivity index (χ2n) is 9.83. The Kier molecular flexibility index (Phi) is 5.74. The van der Waals surface area contributed by atoms with Gasteiger partial charge in [-0.3, -0.25) is 4.90 Å². The van der Waals surface area contributed by atoms with E-state index >= 15 is 0 Å². The molecule has 0 radical (unpaired) electrons. The standard InChI is InChI=1S/C25H27F3N4OS/c1-13-19-11-16(8-14(19)12-32(13)17-2-5-33-6-3-17)29-25-18-4-7-34-24(18)23(30-31-25)20-9-15(26)10-21(27)22(20)28/h4,7,9-10,13-14,16-17,19H,2-3,5-6,8,11-12H2,1H3,(H,29,31)/t13?,14-,16-,19+/m0/s1. The Labute approximate surface area is 200 Å². The lowest BCUT2D eigenvalue weighted by Gasteiger charge is -2.35. The highest BCUT2D eigenvalue weighted by Gasteiger charge is 2.47. The van der Waals surface area contributed by atoms with Gasteiger partial charge < -0.3 is 10.1 Å². The molecule has 4 atom stereocenters. The summed E-state index contributed by atoms with van der Waals surface area (Å²) in [7, 11) is 0. The molecule has 9 heteroatoms. The molecule has 0 amide bonds. The predicted octanol–water partition coefficient (Wildman–Crippen LogP) is 5.47. The van der Waals surface area contributed by atoms with E-state index in [1.54, 1.807) is 0 Å². The Morgan fingerprint density at radius 2 is 1.94 bits per heavy atom. The largest absolute Gasteiger partial charge is 0.381 e. The van der Waals surface area contributed by atoms with Crippen molar-refractivity contribution in [2.45, 2.75) is 50.7 Å². The summed E-state index contributed by atoms with van der Waals surface area (Å²) in [6.07, 6.45) is 4.40. The molecule has 1 aromatic carbocycles. The van der Waals surface area contributed by atoms with Gasteiger partial charge in [0.15, 0.2) is 17.5 Å². The summed E-state index contributed by atoms with van der Waals surface area (Å²) in [6, 6.07) is 4.89. The van der Waals surface area contributed by atoms with Gasteiger partial charge in [-0.15, -0.1) is 21.5 Å². The van der Waals surface area contributed by atoms with Crippen LogP contribution in [0.4, 0.5) is 19.0 Å². The van der Waals surface area contributed by atoms with Gasteiger partial charge in [0, 0.05) is 54.9 Å². The Morgan fingerprint density at radius 1 is 1.12 bits per heavy atom. The van der Waals surface area contributed by atoms with Crippen molar-refractivity contribution in [3.63, 3.8) is 0 Å². The summed E-state index contributed by atoms with van der Waals surface area (Å²) < 4.78 is 48.2. The fourth-order valence-corrected chi connectivity index (χ4v) is 7.23. The van der Waals surface area contributed by atoms with E-state index in [-0.39, 0.29) is 11.3 Å². The summed E-state index contributed by atoms with van der Waals surface area (Å²) in [6.45, 7) is 5.23. The van der Waals surface area contributed by atoms with Crippen LogP contribution in [0, 0.1) is 29.3 Å². The van der Waals surface area contributed by atoms with Crippen LogP contribution in [-0.4, -0.2) is 53.0 Å². The molecule has 180 valence electrons. The van der Waals surface area contributed by atoms with E-state index < -0.39 is 17.5 Å². The average molecular weight is 489 g/mol. The van der Waals surface area contributed by atoms with Crippen LogP contribution in [0.15, 0.2) is 23.6 Å². The minimum Gasteiger partial charge on any atom is -0.381 e. The van der Waals surface area contributed by atoms with E-state index in [4.69, 9.17) is 4.74 Å². The van der Waals surface area contributed by atoms with Gasteiger partial charge in [-0.05, 0) is 62.0 Å². The van der Waals surface area contributed by atoms with Crippen LogP contribution in [0.2, 0.25) is 0 Å². The second-order valence-corrected chi connectivity index (χ2v) is 10.7. The van der Waals surface area contributed by atoms with E-state index in [0.29, 0.717) is 46.5 Å². The number of ether oxygens (including phenoxy) is 1. The zero-order chi connectivity index (χ0) is 23.4. The first kappa shape index (κ1) is 22.2. The van der Waals surface area contributed by atoms with Gasteiger partial charge in [0.1, 0.15) is 11.5 Å². The first-order valence-corrected chi connectivity index (χ1v) is 12.9. The van der Waals surface area contributed by atoms with Crippen molar-refractivity contribution in [2.75, 3.05) is 25.1 Å². The Morgan fingerprint density at radius 3 is 2.74 bits per heavy atom. The molecule has 2 aromatic heterocycles. The molecule has 6 rings (SSSR count). The van der Waals surface area contributed by atoms with Gasteiger partial charge in [0.05, 0.1) is 4.70 Å². The number of aromatic nitrogens is 2. The quantitative estimate of drug-likeness (QED) is 0.494. The minimum atomic E-state index is -1.23. The van der Waals surface area contributed by atoms with Crippen molar-refractivity contribution in [3.8, 4) is 11.3 Å². The summed E-state index contributed by atoms with van der Waals surface area (Å²) in [5.74, 6) is -1.23. The van der Waals surface area contributed by atoms with Crippen molar-refractivity contribution in [2.24, 2.45) is 11.8 Å². The monoisotopic (exact) mass is 488 g/mol. The highest BCUT2D eigenvalue weighted by molar-refractivity contribution is 7.17. The maximum absolute atomic E-state index is 14.4. The Balaban J connectivity index is 1.21. The fourth-order valence-electron chi connectivity index (χ4n) is 6.34. The van der Waals surface area contributed by atoms with Crippen LogP contribution < -0.4 is 5.32 Å². The number of hydrogen-bond acceptors (Lipinski definition) is 6. The number of nitrogens with zero attached hydrogens (tertiary/aromatic N) is 3. The molecule has 34 heavy (non-hydrogen) atoms. The SMILES string of the molecule is CC1[C@H]2C[C@@H](Nc3nnc(-c4cc(F)cc(F)c4F)c4sccc34)C[C@H]2CN1C1CCOCC1. The van der Waals surface area contributed by atoms with Gasteiger partial charge in [-0.25, -0.2) is 13.2 Å². The number of benzene rings is 1. The van der Waals surface area contributed by atoms with Crippen molar-refractivity contribution >= 4 is 27.2 Å². The lowest BCUT2D eigenvalue weighted by Crippen LogP contribution is -2.43. The van der Waals surface area contributed by atoms with Crippen molar-refractivity contribution in [1.82, 2.24) is 15.1 Å². The number of likely N-dealkylation sites (tertiary alicyclic amines) is 1. The zero-order valence-electron chi connectivity index (χ0n) is 18.9. The van der Waals surface area contributed by atoms with Crippen molar-refractivity contribution < 1.29 is 17.9 Å². The predicted molar refractivity (Wildman–Crippen MR) is 126 cm³/mol. The Bertz CT molecular complexity index is 1210. The number of thiophene rings is 1. The molecule has 3 fully saturated rings. The maximum Gasteiger partial charge on any atom is 0.168 e. The Hall–Kier alpha value is -2.23. The molecule has 2 saturated heterocycles. The number of nitrogens with one attached hydrogen (secondary N) is 1. The first-order chi connectivity index (χ1) is 16.5. The van der Waals surface area contributed by atoms with E-state index in [1.807, 2.05) is 11.4 Å². The zero-order valence-corrected chi connectivity index (χ0v) is 19.8. The van der Waals surface area contributed by atoms with Crippen LogP contribution in [0.1, 0.15) is 32.6 Å². The van der Waals surface area contributed by atoms with E-state index in [2.05, 4.69) is 27.3 Å². The number of anilines is 1.